The Hall–Kier alpha value is -1.09. The SMILES string of the molecule is CC(C)(c1cccc(Br)c1)c1n[nH]c2c1CCC2. The van der Waals surface area contributed by atoms with Crippen LogP contribution in [0.15, 0.2) is 28.7 Å². The van der Waals surface area contributed by atoms with Crippen molar-refractivity contribution in [3.63, 3.8) is 0 Å². The molecule has 0 spiro atoms. The van der Waals surface area contributed by atoms with E-state index in [0.29, 0.717) is 0 Å². The third-order valence-electron chi connectivity index (χ3n) is 3.94. The van der Waals surface area contributed by atoms with Gasteiger partial charge >= 0.3 is 0 Å². The normalized spacial score (nSPS) is 14.8. The fourth-order valence-corrected chi connectivity index (χ4v) is 3.25. The lowest BCUT2D eigenvalue weighted by atomic mass is 9.79. The monoisotopic (exact) mass is 304 g/mol. The fraction of sp³-hybridized carbons (Fsp3) is 0.400. The largest absolute Gasteiger partial charge is 0.282 e. The van der Waals surface area contributed by atoms with Gasteiger partial charge in [-0.15, -0.1) is 0 Å². The lowest BCUT2D eigenvalue weighted by molar-refractivity contribution is 0.604. The summed E-state index contributed by atoms with van der Waals surface area (Å²) in [6.45, 7) is 4.51. The molecule has 0 saturated heterocycles. The number of rotatable bonds is 2. The molecule has 18 heavy (non-hydrogen) atoms. The van der Waals surface area contributed by atoms with Crippen molar-refractivity contribution in [3.05, 3.63) is 51.3 Å². The van der Waals surface area contributed by atoms with Crippen molar-refractivity contribution in [1.29, 1.82) is 0 Å². The van der Waals surface area contributed by atoms with Crippen LogP contribution in [0.4, 0.5) is 0 Å². The predicted octanol–water partition coefficient (Wildman–Crippen LogP) is 3.99. The van der Waals surface area contributed by atoms with Crippen LogP contribution >= 0.6 is 15.9 Å². The average Bonchev–Trinajstić information content (AvgIpc) is 2.90. The molecule has 0 radical (unpaired) electrons. The summed E-state index contributed by atoms with van der Waals surface area (Å²) in [5.41, 5.74) is 5.26. The molecule has 1 aromatic heterocycles. The second-order valence-electron chi connectivity index (χ2n) is 5.52. The Labute approximate surface area is 116 Å². The summed E-state index contributed by atoms with van der Waals surface area (Å²) in [7, 11) is 0. The number of halogens is 1. The number of nitrogens with one attached hydrogen (secondary N) is 1. The molecule has 0 atom stereocenters. The van der Waals surface area contributed by atoms with Crippen molar-refractivity contribution in [2.45, 2.75) is 38.5 Å². The van der Waals surface area contributed by atoms with Crippen molar-refractivity contribution >= 4 is 15.9 Å². The topological polar surface area (TPSA) is 28.7 Å². The van der Waals surface area contributed by atoms with E-state index in [2.05, 4.69) is 64.2 Å². The number of hydrogen-bond donors (Lipinski definition) is 1. The first kappa shape index (κ1) is 12.0. The smallest absolute Gasteiger partial charge is 0.0756 e. The molecule has 2 aromatic rings. The van der Waals surface area contributed by atoms with Gasteiger partial charge in [-0.25, -0.2) is 0 Å². The van der Waals surface area contributed by atoms with Crippen molar-refractivity contribution in [2.75, 3.05) is 0 Å². The van der Waals surface area contributed by atoms with Crippen LogP contribution in [0.2, 0.25) is 0 Å². The summed E-state index contributed by atoms with van der Waals surface area (Å²) in [5, 5.41) is 7.79. The van der Waals surface area contributed by atoms with Crippen molar-refractivity contribution in [1.82, 2.24) is 10.2 Å². The lowest BCUT2D eigenvalue weighted by Crippen LogP contribution is -2.21. The van der Waals surface area contributed by atoms with Gasteiger partial charge < -0.3 is 0 Å². The Kier molecular flexibility index (Phi) is 2.81. The number of aryl methyl sites for hydroxylation is 1. The van der Waals surface area contributed by atoms with Crippen LogP contribution in [0.3, 0.4) is 0 Å². The van der Waals surface area contributed by atoms with E-state index in [1.54, 1.807) is 0 Å². The molecule has 2 nitrogen and oxygen atoms in total. The molecule has 0 bridgehead atoms. The molecule has 1 aliphatic carbocycles. The maximum absolute atomic E-state index is 4.58. The zero-order chi connectivity index (χ0) is 12.8. The minimum Gasteiger partial charge on any atom is -0.282 e. The molecule has 0 fully saturated rings. The molecule has 1 aliphatic rings. The Morgan fingerprint density at radius 3 is 2.89 bits per heavy atom. The number of hydrogen-bond acceptors (Lipinski definition) is 1. The minimum absolute atomic E-state index is 0.0434. The first-order valence-corrected chi connectivity index (χ1v) is 7.21. The Morgan fingerprint density at radius 2 is 2.11 bits per heavy atom. The van der Waals surface area contributed by atoms with E-state index in [9.17, 15) is 0 Å². The van der Waals surface area contributed by atoms with Gasteiger partial charge in [-0.3, -0.25) is 5.10 Å². The molecule has 0 aliphatic heterocycles. The summed E-state index contributed by atoms with van der Waals surface area (Å²) in [6, 6.07) is 8.53. The standard InChI is InChI=1S/C15H17BrN2/c1-15(2,10-5-3-6-11(16)9-10)14-12-7-4-8-13(12)17-18-14/h3,5-6,9H,4,7-8H2,1-2H3,(H,17,18). The van der Waals surface area contributed by atoms with Gasteiger partial charge in [-0.05, 0) is 42.5 Å². The van der Waals surface area contributed by atoms with Gasteiger partial charge in [0.25, 0.3) is 0 Å². The lowest BCUT2D eigenvalue weighted by Gasteiger charge is -2.24. The molecule has 0 saturated carbocycles. The minimum atomic E-state index is -0.0434. The van der Waals surface area contributed by atoms with Gasteiger partial charge in [0.05, 0.1) is 5.69 Å². The number of aromatic amines is 1. The highest BCUT2D eigenvalue weighted by atomic mass is 79.9. The maximum Gasteiger partial charge on any atom is 0.0756 e. The van der Waals surface area contributed by atoms with Crippen LogP contribution < -0.4 is 0 Å². The predicted molar refractivity (Wildman–Crippen MR) is 76.9 cm³/mol. The summed E-state index contributed by atoms with van der Waals surface area (Å²) in [5.74, 6) is 0. The van der Waals surface area contributed by atoms with E-state index in [1.807, 2.05) is 0 Å². The van der Waals surface area contributed by atoms with E-state index in [-0.39, 0.29) is 5.41 Å². The molecule has 1 aromatic carbocycles. The number of nitrogens with zero attached hydrogens (tertiary/aromatic N) is 1. The molecule has 0 amide bonds. The quantitative estimate of drug-likeness (QED) is 0.893. The number of benzene rings is 1. The summed E-state index contributed by atoms with van der Waals surface area (Å²) >= 11 is 3.55. The highest BCUT2D eigenvalue weighted by Crippen LogP contribution is 2.36. The van der Waals surface area contributed by atoms with E-state index >= 15 is 0 Å². The first-order valence-electron chi connectivity index (χ1n) is 6.41. The summed E-state index contributed by atoms with van der Waals surface area (Å²) < 4.78 is 1.13. The van der Waals surface area contributed by atoms with Crippen LogP contribution in [-0.4, -0.2) is 10.2 Å². The van der Waals surface area contributed by atoms with Crippen LogP contribution in [0.1, 0.15) is 42.8 Å². The van der Waals surface area contributed by atoms with Gasteiger partial charge in [0, 0.05) is 15.6 Å². The van der Waals surface area contributed by atoms with Crippen LogP contribution in [0.25, 0.3) is 0 Å². The zero-order valence-corrected chi connectivity index (χ0v) is 12.3. The molecule has 94 valence electrons. The van der Waals surface area contributed by atoms with Crippen LogP contribution in [-0.2, 0) is 18.3 Å². The Morgan fingerprint density at radius 1 is 1.28 bits per heavy atom. The summed E-state index contributed by atoms with van der Waals surface area (Å²) in [6.07, 6.45) is 3.57. The molecule has 1 N–H and O–H groups in total. The van der Waals surface area contributed by atoms with Gasteiger partial charge in [0.1, 0.15) is 0 Å². The second kappa shape index (κ2) is 4.23. The molecule has 3 heteroatoms. The van der Waals surface area contributed by atoms with Crippen LogP contribution in [0.5, 0.6) is 0 Å². The molecule has 1 heterocycles. The Bertz CT molecular complexity index is 584. The summed E-state index contributed by atoms with van der Waals surface area (Å²) in [4.78, 5) is 0. The Balaban J connectivity index is 2.09. The third-order valence-corrected chi connectivity index (χ3v) is 4.44. The average molecular weight is 305 g/mol. The second-order valence-corrected chi connectivity index (χ2v) is 6.43. The molecular formula is C15H17BrN2. The van der Waals surface area contributed by atoms with E-state index in [1.165, 1.54) is 35.4 Å². The highest BCUT2D eigenvalue weighted by molar-refractivity contribution is 9.10. The number of H-pyrrole nitrogens is 1. The number of fused-ring (bicyclic) bond motifs is 1. The molecular weight excluding hydrogens is 288 g/mol. The first-order chi connectivity index (χ1) is 8.59. The van der Waals surface area contributed by atoms with Crippen molar-refractivity contribution in [3.8, 4) is 0 Å². The molecule has 3 rings (SSSR count). The molecule has 0 unspecified atom stereocenters. The maximum atomic E-state index is 4.58. The van der Waals surface area contributed by atoms with Crippen LogP contribution in [0, 0.1) is 0 Å². The van der Waals surface area contributed by atoms with E-state index in [4.69, 9.17) is 0 Å². The highest BCUT2D eigenvalue weighted by Gasteiger charge is 2.31. The van der Waals surface area contributed by atoms with E-state index < -0.39 is 0 Å². The van der Waals surface area contributed by atoms with Gasteiger partial charge in [-0.2, -0.15) is 5.10 Å². The van der Waals surface area contributed by atoms with Crippen molar-refractivity contribution in [2.24, 2.45) is 0 Å². The van der Waals surface area contributed by atoms with Crippen molar-refractivity contribution < 1.29 is 0 Å². The van der Waals surface area contributed by atoms with Gasteiger partial charge in [0.2, 0.25) is 0 Å². The van der Waals surface area contributed by atoms with Gasteiger partial charge in [0.15, 0.2) is 0 Å². The zero-order valence-electron chi connectivity index (χ0n) is 10.8. The third kappa shape index (κ3) is 1.81. The van der Waals surface area contributed by atoms with Gasteiger partial charge in [-0.1, -0.05) is 41.9 Å². The number of aromatic nitrogens is 2. The van der Waals surface area contributed by atoms with E-state index in [0.717, 1.165) is 10.9 Å². The fourth-order valence-electron chi connectivity index (χ4n) is 2.85.